The van der Waals surface area contributed by atoms with E-state index in [0.717, 1.165) is 25.0 Å². The molecule has 2 bridgehead atoms. The first-order chi connectivity index (χ1) is 15.5. The number of piperidine rings is 1. The fourth-order valence-electron chi connectivity index (χ4n) is 6.63. The van der Waals surface area contributed by atoms with Crippen LogP contribution in [0.2, 0.25) is 0 Å². The van der Waals surface area contributed by atoms with E-state index in [0.29, 0.717) is 31.2 Å². The fourth-order valence-corrected chi connectivity index (χ4v) is 6.63. The van der Waals surface area contributed by atoms with E-state index in [9.17, 15) is 4.79 Å². The SMILES string of the molecule is CN(CC(=O)N1[C@H]2CCCC[C@H]3N[C@H](Cc4ccccc4)[C@@H]1C[C@@]23C)Cc1ccccn1. The maximum Gasteiger partial charge on any atom is 0.237 e. The fraction of sp³-hybridized carbons (Fsp3) is 0.556. The summed E-state index contributed by atoms with van der Waals surface area (Å²) >= 11 is 0. The summed E-state index contributed by atoms with van der Waals surface area (Å²) in [6, 6.07) is 18.2. The van der Waals surface area contributed by atoms with Gasteiger partial charge in [-0.15, -0.1) is 0 Å². The van der Waals surface area contributed by atoms with E-state index in [2.05, 4.69) is 57.4 Å². The highest BCUT2D eigenvalue weighted by atomic mass is 16.2. The molecule has 0 radical (unpaired) electrons. The molecular weight excluding hydrogens is 396 g/mol. The topological polar surface area (TPSA) is 48.5 Å². The van der Waals surface area contributed by atoms with Crippen LogP contribution in [0.25, 0.3) is 0 Å². The molecule has 1 N–H and O–H groups in total. The van der Waals surface area contributed by atoms with Crippen LogP contribution >= 0.6 is 0 Å². The van der Waals surface area contributed by atoms with Crippen LogP contribution < -0.4 is 5.32 Å². The Labute approximate surface area is 192 Å². The Bertz CT molecular complexity index is 920. The van der Waals surface area contributed by atoms with Gasteiger partial charge in [0.15, 0.2) is 0 Å². The highest BCUT2D eigenvalue weighted by Gasteiger charge is 2.60. The number of hydrogen-bond donors (Lipinski definition) is 1. The quantitative estimate of drug-likeness (QED) is 0.757. The normalized spacial score (nSPS) is 31.5. The van der Waals surface area contributed by atoms with Gasteiger partial charge >= 0.3 is 0 Å². The maximum atomic E-state index is 13.8. The van der Waals surface area contributed by atoms with Gasteiger partial charge in [-0.2, -0.15) is 0 Å². The van der Waals surface area contributed by atoms with Crippen LogP contribution in [0.15, 0.2) is 54.7 Å². The number of likely N-dealkylation sites (N-methyl/N-ethyl adjacent to an activating group) is 1. The smallest absolute Gasteiger partial charge is 0.237 e. The number of fused-ring (bicyclic) bond motifs is 1. The molecule has 3 fully saturated rings. The lowest BCUT2D eigenvalue weighted by atomic mass is 9.70. The van der Waals surface area contributed by atoms with Crippen LogP contribution in [0.4, 0.5) is 0 Å². The maximum absolute atomic E-state index is 13.8. The molecule has 1 saturated carbocycles. The lowest BCUT2D eigenvalue weighted by Crippen LogP contribution is -2.58. The molecule has 1 aromatic heterocycles. The lowest BCUT2D eigenvalue weighted by molar-refractivity contribution is -0.136. The van der Waals surface area contributed by atoms with Crippen molar-refractivity contribution in [2.75, 3.05) is 13.6 Å². The molecule has 5 nitrogen and oxygen atoms in total. The minimum Gasteiger partial charge on any atom is -0.333 e. The van der Waals surface area contributed by atoms with Gasteiger partial charge < -0.3 is 10.2 Å². The molecule has 2 aliphatic heterocycles. The summed E-state index contributed by atoms with van der Waals surface area (Å²) in [5.41, 5.74) is 2.55. The Hall–Kier alpha value is -2.24. The van der Waals surface area contributed by atoms with Crippen LogP contribution in [0.5, 0.6) is 0 Å². The van der Waals surface area contributed by atoms with Crippen molar-refractivity contribution in [1.82, 2.24) is 20.1 Å². The Kier molecular flexibility index (Phi) is 6.04. The number of rotatable bonds is 6. The third-order valence-electron chi connectivity index (χ3n) is 8.15. The van der Waals surface area contributed by atoms with Crippen LogP contribution in [0.1, 0.15) is 50.3 Å². The van der Waals surface area contributed by atoms with Gasteiger partial charge in [0.1, 0.15) is 0 Å². The van der Waals surface area contributed by atoms with E-state index < -0.39 is 0 Å². The van der Waals surface area contributed by atoms with E-state index in [-0.39, 0.29) is 17.4 Å². The highest BCUT2D eigenvalue weighted by Crippen LogP contribution is 2.52. The molecule has 0 unspecified atom stereocenters. The number of benzene rings is 1. The van der Waals surface area contributed by atoms with Gasteiger partial charge in [-0.3, -0.25) is 14.7 Å². The number of aromatic nitrogens is 1. The molecule has 1 amide bonds. The van der Waals surface area contributed by atoms with Crippen molar-refractivity contribution in [3.05, 3.63) is 66.0 Å². The Morgan fingerprint density at radius 1 is 1.16 bits per heavy atom. The van der Waals surface area contributed by atoms with E-state index in [1.165, 1.54) is 24.8 Å². The molecule has 3 heterocycles. The molecular formula is C27H36N4O. The van der Waals surface area contributed by atoms with E-state index in [1.807, 2.05) is 31.4 Å². The number of hydrogen-bond acceptors (Lipinski definition) is 4. The number of nitrogens with zero attached hydrogens (tertiary/aromatic N) is 3. The summed E-state index contributed by atoms with van der Waals surface area (Å²) in [6.45, 7) is 3.58. The molecule has 3 aliphatic rings. The Morgan fingerprint density at radius 2 is 1.94 bits per heavy atom. The number of amides is 1. The summed E-state index contributed by atoms with van der Waals surface area (Å²) < 4.78 is 0. The minimum absolute atomic E-state index is 0.184. The summed E-state index contributed by atoms with van der Waals surface area (Å²) in [5.74, 6) is 0.282. The predicted octanol–water partition coefficient (Wildman–Crippen LogP) is 3.65. The van der Waals surface area contributed by atoms with Crippen molar-refractivity contribution in [2.45, 2.75) is 76.2 Å². The molecule has 170 valence electrons. The molecule has 1 aromatic carbocycles. The van der Waals surface area contributed by atoms with Gasteiger partial charge in [0.05, 0.1) is 12.2 Å². The number of likely N-dealkylation sites (tertiary alicyclic amines) is 1. The minimum atomic E-state index is 0.184. The van der Waals surface area contributed by atoms with Crippen LogP contribution in [-0.2, 0) is 17.8 Å². The predicted molar refractivity (Wildman–Crippen MR) is 127 cm³/mol. The number of pyridine rings is 1. The van der Waals surface area contributed by atoms with Crippen LogP contribution in [-0.4, -0.2) is 58.5 Å². The zero-order chi connectivity index (χ0) is 22.1. The van der Waals surface area contributed by atoms with Gasteiger partial charge in [0.2, 0.25) is 5.91 Å². The first-order valence-corrected chi connectivity index (χ1v) is 12.2. The second kappa shape index (κ2) is 8.95. The highest BCUT2D eigenvalue weighted by molar-refractivity contribution is 5.79. The van der Waals surface area contributed by atoms with E-state index in [1.54, 1.807) is 0 Å². The first-order valence-electron chi connectivity index (χ1n) is 12.2. The van der Waals surface area contributed by atoms with Crippen molar-refractivity contribution in [2.24, 2.45) is 5.41 Å². The van der Waals surface area contributed by atoms with Crippen molar-refractivity contribution in [3.8, 4) is 0 Å². The zero-order valence-electron chi connectivity index (χ0n) is 19.4. The molecule has 1 aliphatic carbocycles. The number of nitrogens with one attached hydrogen (secondary N) is 1. The molecule has 2 aromatic rings. The Balaban J connectivity index is 1.37. The average Bonchev–Trinajstić information content (AvgIpc) is 2.94. The summed E-state index contributed by atoms with van der Waals surface area (Å²) in [7, 11) is 2.03. The summed E-state index contributed by atoms with van der Waals surface area (Å²) in [4.78, 5) is 22.6. The average molecular weight is 433 g/mol. The third kappa shape index (κ3) is 4.08. The van der Waals surface area contributed by atoms with Crippen molar-refractivity contribution >= 4 is 5.91 Å². The van der Waals surface area contributed by atoms with Crippen molar-refractivity contribution in [3.63, 3.8) is 0 Å². The van der Waals surface area contributed by atoms with Gasteiger partial charge in [0.25, 0.3) is 0 Å². The third-order valence-corrected chi connectivity index (χ3v) is 8.15. The number of carbonyl (C=O) groups is 1. The summed E-state index contributed by atoms with van der Waals surface area (Å²) in [6.07, 6.45) is 8.78. The van der Waals surface area contributed by atoms with Crippen LogP contribution in [0.3, 0.4) is 0 Å². The number of carbonyl (C=O) groups excluding carboxylic acids is 1. The Morgan fingerprint density at radius 3 is 2.72 bits per heavy atom. The van der Waals surface area contributed by atoms with Gasteiger partial charge in [-0.1, -0.05) is 56.2 Å². The first kappa shape index (κ1) is 21.6. The molecule has 5 heteroatoms. The van der Waals surface area contributed by atoms with E-state index in [4.69, 9.17) is 0 Å². The zero-order valence-corrected chi connectivity index (χ0v) is 19.4. The lowest BCUT2D eigenvalue weighted by Gasteiger charge is -2.43. The molecule has 5 rings (SSSR count). The van der Waals surface area contributed by atoms with Crippen molar-refractivity contribution in [1.29, 1.82) is 0 Å². The summed E-state index contributed by atoms with van der Waals surface area (Å²) in [5, 5.41) is 4.04. The van der Waals surface area contributed by atoms with Crippen molar-refractivity contribution < 1.29 is 4.79 Å². The van der Waals surface area contributed by atoms with Gasteiger partial charge in [0, 0.05) is 42.3 Å². The standard InChI is InChI=1S/C27H36N4O/c1-27-17-23-22(16-20-10-4-3-5-11-20)29-24(27)13-6-7-14-25(27)31(23)26(32)19-30(2)18-21-12-8-9-15-28-21/h3-5,8-12,15,22-25,29H,6-7,13-14,16-19H2,1-2H3/t22-,23+,24-,25+,27-/m1/s1. The van der Waals surface area contributed by atoms with Crippen LogP contribution in [0, 0.1) is 5.41 Å². The second-order valence-corrected chi connectivity index (χ2v) is 10.4. The molecule has 32 heavy (non-hydrogen) atoms. The molecule has 0 spiro atoms. The molecule has 5 atom stereocenters. The van der Waals surface area contributed by atoms with Gasteiger partial charge in [-0.25, -0.2) is 0 Å². The largest absolute Gasteiger partial charge is 0.333 e. The molecule has 2 saturated heterocycles. The van der Waals surface area contributed by atoms with E-state index >= 15 is 0 Å². The monoisotopic (exact) mass is 432 g/mol. The second-order valence-electron chi connectivity index (χ2n) is 10.4. The van der Waals surface area contributed by atoms with Gasteiger partial charge in [-0.05, 0) is 50.4 Å².